The number of hydrogen-bond donors (Lipinski definition) is 4. The number of nitrogens with two attached hydrogens (primary N) is 1. The van der Waals surface area contributed by atoms with Crippen molar-refractivity contribution in [1.29, 1.82) is 0 Å². The Morgan fingerprint density at radius 2 is 2.10 bits per heavy atom. The van der Waals surface area contributed by atoms with Crippen LogP contribution in [0.25, 0.3) is 0 Å². The summed E-state index contributed by atoms with van der Waals surface area (Å²) in [5.74, 6) is 4.30. The fourth-order valence-corrected chi connectivity index (χ4v) is 2.99. The highest BCUT2D eigenvalue weighted by atomic mass is 16.4. The minimum Gasteiger partial charge on any atom is -0.426 e. The summed E-state index contributed by atoms with van der Waals surface area (Å²) in [5.41, 5.74) is 3.44. The fraction of sp³-hybridized carbons (Fsp3) is 0.381. The molecule has 0 unspecified atom stereocenters. The number of rotatable bonds is 10. The van der Waals surface area contributed by atoms with E-state index < -0.39 is 13.1 Å². The molecule has 1 aliphatic rings. The lowest BCUT2D eigenvalue weighted by molar-refractivity contribution is -0.121. The lowest BCUT2D eigenvalue weighted by Gasteiger charge is -2.18. The van der Waals surface area contributed by atoms with Crippen LogP contribution in [0.3, 0.4) is 0 Å². The van der Waals surface area contributed by atoms with Crippen LogP contribution >= 0.6 is 0 Å². The van der Waals surface area contributed by atoms with Gasteiger partial charge in [0.1, 0.15) is 0 Å². The number of allylic oxidation sites excluding steroid dienone is 3. The Morgan fingerprint density at radius 3 is 2.76 bits per heavy atom. The Hall–Kier alpha value is -2.71. The molecular weight excluding hydrogens is 367 g/mol. The number of carbonyl (C=O) groups is 1. The average molecular weight is 396 g/mol. The lowest BCUT2D eigenvalue weighted by atomic mass is 9.75. The van der Waals surface area contributed by atoms with Gasteiger partial charge in [0, 0.05) is 12.8 Å². The molecule has 0 saturated heterocycles. The molecule has 154 valence electrons. The molecule has 0 fully saturated rings. The van der Waals surface area contributed by atoms with E-state index in [2.05, 4.69) is 28.4 Å². The summed E-state index contributed by atoms with van der Waals surface area (Å²) < 4.78 is 0. The smallest absolute Gasteiger partial charge is 0.426 e. The van der Waals surface area contributed by atoms with E-state index in [1.54, 1.807) is 6.21 Å². The van der Waals surface area contributed by atoms with Crippen molar-refractivity contribution in [3.63, 3.8) is 0 Å². The maximum atomic E-state index is 12.3. The van der Waals surface area contributed by atoms with E-state index in [0.29, 0.717) is 18.6 Å². The summed E-state index contributed by atoms with van der Waals surface area (Å²) in [6.07, 6.45) is 11.2. The number of amides is 1. The second-order valence-corrected chi connectivity index (χ2v) is 6.95. The van der Waals surface area contributed by atoms with Crippen molar-refractivity contribution >= 4 is 25.0 Å². The number of carbonyl (C=O) groups excluding carboxylic acids is 1. The van der Waals surface area contributed by atoms with Crippen molar-refractivity contribution in [3.8, 4) is 0 Å². The summed E-state index contributed by atoms with van der Waals surface area (Å²) in [7, 11) is -1.65. The molecule has 1 aromatic carbocycles. The molecular formula is C21H29BN4O3. The first-order valence-electron chi connectivity index (χ1n) is 9.92. The minimum atomic E-state index is -1.65. The lowest BCUT2D eigenvalue weighted by Crippen LogP contribution is -2.48. The SMILES string of the molecule is CCc1cccc(C[C@H](NC(=O)CCC(C=NC2=CCCC=C2)=NN)B(O)O)c1. The number of hydrogen-bond acceptors (Lipinski definition) is 6. The third kappa shape index (κ3) is 8.05. The van der Waals surface area contributed by atoms with E-state index in [-0.39, 0.29) is 12.3 Å². The van der Waals surface area contributed by atoms with Gasteiger partial charge < -0.3 is 21.2 Å². The van der Waals surface area contributed by atoms with Gasteiger partial charge in [-0.25, -0.2) is 0 Å². The van der Waals surface area contributed by atoms with Crippen molar-refractivity contribution in [1.82, 2.24) is 5.32 Å². The third-order valence-corrected chi connectivity index (χ3v) is 4.67. The number of hydrazone groups is 1. The highest BCUT2D eigenvalue weighted by molar-refractivity contribution is 6.43. The molecule has 7 nitrogen and oxygen atoms in total. The van der Waals surface area contributed by atoms with E-state index in [9.17, 15) is 14.8 Å². The van der Waals surface area contributed by atoms with Gasteiger partial charge in [-0.15, -0.1) is 0 Å². The topological polar surface area (TPSA) is 120 Å². The zero-order valence-corrected chi connectivity index (χ0v) is 16.8. The number of aryl methyl sites for hydroxylation is 1. The van der Waals surface area contributed by atoms with Crippen LogP contribution in [0.1, 0.15) is 43.7 Å². The van der Waals surface area contributed by atoms with E-state index in [1.165, 1.54) is 0 Å². The predicted octanol–water partition coefficient (Wildman–Crippen LogP) is 1.69. The molecule has 5 N–H and O–H groups in total. The van der Waals surface area contributed by atoms with Crippen molar-refractivity contribution in [3.05, 3.63) is 59.3 Å². The molecule has 2 rings (SSSR count). The summed E-state index contributed by atoms with van der Waals surface area (Å²) in [6.45, 7) is 2.06. The molecule has 0 spiro atoms. The molecule has 0 bridgehead atoms. The van der Waals surface area contributed by atoms with Gasteiger partial charge in [-0.2, -0.15) is 5.10 Å². The van der Waals surface area contributed by atoms with Crippen LogP contribution in [0.5, 0.6) is 0 Å². The van der Waals surface area contributed by atoms with Crippen LogP contribution < -0.4 is 11.2 Å². The molecule has 8 heteroatoms. The van der Waals surface area contributed by atoms with Gasteiger partial charge in [0.2, 0.25) is 5.91 Å². The van der Waals surface area contributed by atoms with E-state index in [1.807, 2.05) is 36.4 Å². The fourth-order valence-electron chi connectivity index (χ4n) is 2.99. The van der Waals surface area contributed by atoms with Crippen molar-refractivity contribution in [2.45, 2.75) is 51.4 Å². The molecule has 1 atom stereocenters. The molecule has 29 heavy (non-hydrogen) atoms. The van der Waals surface area contributed by atoms with Gasteiger partial charge in [0.05, 0.1) is 23.6 Å². The van der Waals surface area contributed by atoms with Crippen molar-refractivity contribution < 1.29 is 14.8 Å². The maximum absolute atomic E-state index is 12.3. The van der Waals surface area contributed by atoms with Gasteiger partial charge in [-0.05, 0) is 42.9 Å². The van der Waals surface area contributed by atoms with Crippen LogP contribution in [0, 0.1) is 0 Å². The van der Waals surface area contributed by atoms with Gasteiger partial charge in [0.15, 0.2) is 0 Å². The largest absolute Gasteiger partial charge is 0.475 e. The summed E-state index contributed by atoms with van der Waals surface area (Å²) in [5, 5.41) is 25.7. The monoisotopic (exact) mass is 396 g/mol. The number of nitrogens with zero attached hydrogens (tertiary/aromatic N) is 2. The van der Waals surface area contributed by atoms with Gasteiger partial charge in [0.25, 0.3) is 0 Å². The normalized spacial score (nSPS) is 15.3. The van der Waals surface area contributed by atoms with Crippen molar-refractivity contribution in [2.75, 3.05) is 0 Å². The Morgan fingerprint density at radius 1 is 1.31 bits per heavy atom. The van der Waals surface area contributed by atoms with E-state index >= 15 is 0 Å². The second kappa shape index (κ2) is 12.0. The highest BCUT2D eigenvalue weighted by Crippen LogP contribution is 2.11. The van der Waals surface area contributed by atoms with Gasteiger partial charge in [-0.1, -0.05) is 43.3 Å². The molecule has 0 heterocycles. The average Bonchev–Trinajstić information content (AvgIpc) is 2.74. The first-order chi connectivity index (χ1) is 14.0. The Balaban J connectivity index is 1.88. The molecule has 1 aliphatic carbocycles. The van der Waals surface area contributed by atoms with E-state index in [0.717, 1.165) is 36.1 Å². The Labute approximate surface area is 172 Å². The third-order valence-electron chi connectivity index (χ3n) is 4.67. The van der Waals surface area contributed by atoms with Crippen LogP contribution in [0.2, 0.25) is 0 Å². The Kier molecular flexibility index (Phi) is 9.33. The Bertz CT molecular complexity index is 803. The van der Waals surface area contributed by atoms with Crippen LogP contribution in [-0.4, -0.2) is 40.9 Å². The van der Waals surface area contributed by atoms with E-state index in [4.69, 9.17) is 5.84 Å². The van der Waals surface area contributed by atoms with Gasteiger partial charge >= 0.3 is 7.12 Å². The summed E-state index contributed by atoms with van der Waals surface area (Å²) in [4.78, 5) is 16.6. The zero-order chi connectivity index (χ0) is 21.1. The quantitative estimate of drug-likeness (QED) is 0.208. The molecule has 1 aromatic rings. The van der Waals surface area contributed by atoms with Crippen LogP contribution in [0.15, 0.2) is 58.3 Å². The molecule has 1 amide bonds. The highest BCUT2D eigenvalue weighted by Gasteiger charge is 2.25. The molecule has 0 radical (unpaired) electrons. The number of nitrogens with one attached hydrogen (secondary N) is 1. The summed E-state index contributed by atoms with van der Waals surface area (Å²) >= 11 is 0. The molecule has 0 saturated carbocycles. The minimum absolute atomic E-state index is 0.120. The van der Waals surface area contributed by atoms with Crippen LogP contribution in [0.4, 0.5) is 0 Å². The number of benzene rings is 1. The number of aliphatic imine (C=N–C) groups is 1. The first kappa shape index (κ1) is 22.6. The van der Waals surface area contributed by atoms with Gasteiger partial charge in [-0.3, -0.25) is 9.79 Å². The maximum Gasteiger partial charge on any atom is 0.475 e. The summed E-state index contributed by atoms with van der Waals surface area (Å²) in [6, 6.07) is 7.86. The second-order valence-electron chi connectivity index (χ2n) is 6.95. The van der Waals surface area contributed by atoms with Crippen molar-refractivity contribution in [2.24, 2.45) is 15.9 Å². The van der Waals surface area contributed by atoms with Crippen LogP contribution in [-0.2, 0) is 17.6 Å². The zero-order valence-electron chi connectivity index (χ0n) is 16.8. The first-order valence-corrected chi connectivity index (χ1v) is 9.92. The predicted molar refractivity (Wildman–Crippen MR) is 117 cm³/mol. The standard InChI is InChI=1S/C21H29BN4O3/c1-2-16-7-6-8-17(13-16)14-20(22(28)29)25-21(27)12-11-19(26-23)15-24-18-9-4-3-5-10-18/h4,6-10,13,15,20,28-29H,2-3,5,11-12,14,23H2,1H3,(H,25,27)/t20-/m0/s1. The molecule has 0 aliphatic heterocycles. The molecule has 0 aromatic heterocycles.